The summed E-state index contributed by atoms with van der Waals surface area (Å²) in [6.45, 7) is 2.90. The number of ether oxygens (including phenoxy) is 1. The fourth-order valence-electron chi connectivity index (χ4n) is 3.04. The van der Waals surface area contributed by atoms with E-state index in [4.69, 9.17) is 16.2 Å². The van der Waals surface area contributed by atoms with Crippen LogP contribution < -0.4 is 16.2 Å². The number of carbonyl (C=O) groups excluding carboxylic acids is 1. The third-order valence-corrected chi connectivity index (χ3v) is 4.31. The number of rotatable bonds is 10. The summed E-state index contributed by atoms with van der Waals surface area (Å²) in [5.74, 6) is 0.251. The molecule has 1 aromatic heterocycles. The molecule has 6 nitrogen and oxygen atoms in total. The SMILES string of the molecule is CCCCCCCCn1nc(N)c(C(N)=O)c1-c1ccccc1OC. The molecule has 0 spiro atoms. The van der Waals surface area contributed by atoms with Gasteiger partial charge in [0.25, 0.3) is 5.91 Å². The van der Waals surface area contributed by atoms with E-state index < -0.39 is 5.91 Å². The maximum atomic E-state index is 11.9. The van der Waals surface area contributed by atoms with Crippen LogP contribution in [0.1, 0.15) is 55.8 Å². The van der Waals surface area contributed by atoms with E-state index >= 15 is 0 Å². The van der Waals surface area contributed by atoms with Gasteiger partial charge in [-0.1, -0.05) is 51.2 Å². The van der Waals surface area contributed by atoms with Crippen molar-refractivity contribution in [3.63, 3.8) is 0 Å². The average Bonchev–Trinajstić information content (AvgIpc) is 2.94. The van der Waals surface area contributed by atoms with Gasteiger partial charge in [-0.2, -0.15) is 5.10 Å². The number of para-hydroxylation sites is 1. The Bertz CT molecular complexity index is 709. The van der Waals surface area contributed by atoms with Crippen LogP contribution in [0.25, 0.3) is 11.3 Å². The van der Waals surface area contributed by atoms with Crippen LogP contribution in [0.5, 0.6) is 5.75 Å². The summed E-state index contributed by atoms with van der Waals surface area (Å²) >= 11 is 0. The van der Waals surface area contributed by atoms with Gasteiger partial charge in [-0.05, 0) is 18.6 Å². The number of aromatic nitrogens is 2. The van der Waals surface area contributed by atoms with E-state index in [1.165, 1.54) is 25.7 Å². The minimum atomic E-state index is -0.576. The molecule has 4 N–H and O–H groups in total. The molecule has 0 aliphatic carbocycles. The number of primary amides is 1. The monoisotopic (exact) mass is 344 g/mol. The van der Waals surface area contributed by atoms with Gasteiger partial charge in [-0.3, -0.25) is 9.48 Å². The molecule has 0 bridgehead atoms. The van der Waals surface area contributed by atoms with Crippen molar-refractivity contribution in [1.82, 2.24) is 9.78 Å². The maximum Gasteiger partial charge on any atom is 0.254 e. The third kappa shape index (κ3) is 4.53. The van der Waals surface area contributed by atoms with Crippen molar-refractivity contribution >= 4 is 11.7 Å². The molecule has 0 radical (unpaired) electrons. The lowest BCUT2D eigenvalue weighted by atomic mass is 10.1. The number of nitrogen functional groups attached to an aromatic ring is 1. The number of hydrogen-bond acceptors (Lipinski definition) is 4. The zero-order chi connectivity index (χ0) is 18.2. The highest BCUT2D eigenvalue weighted by atomic mass is 16.5. The first-order valence-electron chi connectivity index (χ1n) is 8.89. The van der Waals surface area contributed by atoms with Crippen LogP contribution in [0.3, 0.4) is 0 Å². The normalized spacial score (nSPS) is 10.8. The van der Waals surface area contributed by atoms with E-state index in [2.05, 4.69) is 12.0 Å². The van der Waals surface area contributed by atoms with E-state index in [0.29, 0.717) is 18.0 Å². The fraction of sp³-hybridized carbons (Fsp3) is 0.474. The van der Waals surface area contributed by atoms with Crippen LogP contribution >= 0.6 is 0 Å². The Morgan fingerprint density at radius 2 is 1.84 bits per heavy atom. The highest BCUT2D eigenvalue weighted by Crippen LogP contribution is 2.34. The number of nitrogens with two attached hydrogens (primary N) is 2. The topological polar surface area (TPSA) is 96.2 Å². The van der Waals surface area contributed by atoms with Crippen molar-refractivity contribution in [3.8, 4) is 17.0 Å². The van der Waals surface area contributed by atoms with Gasteiger partial charge in [-0.15, -0.1) is 0 Å². The van der Waals surface area contributed by atoms with Crippen LogP contribution in [0, 0.1) is 0 Å². The quantitative estimate of drug-likeness (QED) is 0.644. The van der Waals surface area contributed by atoms with Crippen LogP contribution in [0.15, 0.2) is 24.3 Å². The Balaban J connectivity index is 2.28. The summed E-state index contributed by atoms with van der Waals surface area (Å²) in [4.78, 5) is 11.9. The van der Waals surface area contributed by atoms with Crippen molar-refractivity contribution in [2.75, 3.05) is 12.8 Å². The van der Waals surface area contributed by atoms with Gasteiger partial charge in [0.15, 0.2) is 5.82 Å². The van der Waals surface area contributed by atoms with E-state index in [0.717, 1.165) is 18.4 Å². The Morgan fingerprint density at radius 1 is 1.16 bits per heavy atom. The number of amides is 1. The first kappa shape index (κ1) is 18.8. The van der Waals surface area contributed by atoms with Crippen molar-refractivity contribution in [2.24, 2.45) is 5.73 Å². The predicted molar refractivity (Wildman–Crippen MR) is 101 cm³/mol. The molecule has 1 aromatic carbocycles. The molecular formula is C19H28N4O2. The van der Waals surface area contributed by atoms with Crippen molar-refractivity contribution in [2.45, 2.75) is 52.0 Å². The second-order valence-electron chi connectivity index (χ2n) is 6.16. The Kier molecular flexibility index (Phi) is 6.86. The minimum Gasteiger partial charge on any atom is -0.496 e. The molecule has 0 unspecified atom stereocenters. The first-order valence-corrected chi connectivity index (χ1v) is 8.89. The number of aryl methyl sites for hydroxylation is 1. The molecule has 25 heavy (non-hydrogen) atoms. The van der Waals surface area contributed by atoms with Crippen LogP contribution in [0.2, 0.25) is 0 Å². The molecule has 0 atom stereocenters. The summed E-state index contributed by atoms with van der Waals surface area (Å²) in [6, 6.07) is 7.50. The van der Waals surface area contributed by atoms with E-state index in [-0.39, 0.29) is 11.4 Å². The lowest BCUT2D eigenvalue weighted by molar-refractivity contribution is 0.100. The summed E-state index contributed by atoms with van der Waals surface area (Å²) in [5, 5.41) is 4.36. The molecule has 1 heterocycles. The highest BCUT2D eigenvalue weighted by molar-refractivity contribution is 6.03. The number of benzene rings is 1. The number of anilines is 1. The summed E-state index contributed by atoms with van der Waals surface area (Å²) in [5.41, 5.74) is 13.2. The molecule has 1 amide bonds. The summed E-state index contributed by atoms with van der Waals surface area (Å²) in [7, 11) is 1.60. The second kappa shape index (κ2) is 9.11. The molecule has 0 aliphatic rings. The summed E-state index contributed by atoms with van der Waals surface area (Å²) < 4.78 is 7.22. The third-order valence-electron chi connectivity index (χ3n) is 4.31. The second-order valence-corrected chi connectivity index (χ2v) is 6.16. The lowest BCUT2D eigenvalue weighted by Gasteiger charge is -2.12. The molecule has 0 fully saturated rings. The highest BCUT2D eigenvalue weighted by Gasteiger charge is 2.23. The number of hydrogen-bond donors (Lipinski definition) is 2. The smallest absolute Gasteiger partial charge is 0.254 e. The van der Waals surface area contributed by atoms with Crippen LogP contribution in [-0.2, 0) is 6.54 Å². The van der Waals surface area contributed by atoms with Gasteiger partial charge in [0.1, 0.15) is 11.3 Å². The number of nitrogens with zero attached hydrogens (tertiary/aromatic N) is 2. The molecule has 0 aliphatic heterocycles. The average molecular weight is 344 g/mol. The van der Waals surface area contributed by atoms with Gasteiger partial charge in [0.05, 0.1) is 12.8 Å². The standard InChI is InChI=1S/C19H28N4O2/c1-3-4-5-6-7-10-13-23-17(16(19(21)24)18(20)22-23)14-11-8-9-12-15(14)25-2/h8-9,11-12H,3-7,10,13H2,1-2H3,(H2,20,22)(H2,21,24). The predicted octanol–water partition coefficient (Wildman–Crippen LogP) is 3.60. The largest absolute Gasteiger partial charge is 0.496 e. The van der Waals surface area contributed by atoms with Gasteiger partial charge in [0.2, 0.25) is 0 Å². The Morgan fingerprint density at radius 3 is 2.52 bits per heavy atom. The number of methoxy groups -OCH3 is 1. The molecule has 0 saturated carbocycles. The van der Waals surface area contributed by atoms with Gasteiger partial charge in [0, 0.05) is 12.1 Å². The van der Waals surface area contributed by atoms with Crippen molar-refractivity contribution in [1.29, 1.82) is 0 Å². The molecule has 2 rings (SSSR count). The van der Waals surface area contributed by atoms with Gasteiger partial charge >= 0.3 is 0 Å². The van der Waals surface area contributed by atoms with Crippen molar-refractivity contribution in [3.05, 3.63) is 29.8 Å². The number of unbranched alkanes of at least 4 members (excludes halogenated alkanes) is 5. The lowest BCUT2D eigenvalue weighted by Crippen LogP contribution is -2.14. The van der Waals surface area contributed by atoms with E-state index in [9.17, 15) is 4.79 Å². The zero-order valence-corrected chi connectivity index (χ0v) is 15.1. The Hall–Kier alpha value is -2.50. The minimum absolute atomic E-state index is 0.166. The molecule has 0 saturated heterocycles. The van der Waals surface area contributed by atoms with Gasteiger partial charge < -0.3 is 16.2 Å². The molecule has 6 heteroatoms. The fourth-order valence-corrected chi connectivity index (χ4v) is 3.04. The van der Waals surface area contributed by atoms with Crippen molar-refractivity contribution < 1.29 is 9.53 Å². The maximum absolute atomic E-state index is 11.9. The van der Waals surface area contributed by atoms with Gasteiger partial charge in [-0.25, -0.2) is 0 Å². The van der Waals surface area contributed by atoms with E-state index in [1.807, 2.05) is 24.3 Å². The first-order chi connectivity index (χ1) is 12.1. The molecule has 2 aromatic rings. The molecular weight excluding hydrogens is 316 g/mol. The Labute approximate surface area is 149 Å². The van der Waals surface area contributed by atoms with Crippen LogP contribution in [-0.4, -0.2) is 22.8 Å². The number of carbonyl (C=O) groups is 1. The van der Waals surface area contributed by atoms with Crippen LogP contribution in [0.4, 0.5) is 5.82 Å². The zero-order valence-electron chi connectivity index (χ0n) is 15.1. The molecule has 136 valence electrons. The summed E-state index contributed by atoms with van der Waals surface area (Å²) in [6.07, 6.45) is 7.06. The van der Waals surface area contributed by atoms with E-state index in [1.54, 1.807) is 11.8 Å².